The second kappa shape index (κ2) is 9.03. The van der Waals surface area contributed by atoms with E-state index in [1.165, 1.54) is 32.3 Å². The van der Waals surface area contributed by atoms with Crippen LogP contribution in [0.3, 0.4) is 0 Å². The number of hydrogen-bond acceptors (Lipinski definition) is 4. The van der Waals surface area contributed by atoms with Gasteiger partial charge in [-0.3, -0.25) is 4.79 Å². The zero-order chi connectivity index (χ0) is 20.9. The molecule has 0 aromatic heterocycles. The largest absolute Gasteiger partial charge is 0.497 e. The molecule has 2 aromatic rings. The van der Waals surface area contributed by atoms with Gasteiger partial charge < -0.3 is 10.1 Å². The number of anilines is 1. The Bertz CT molecular complexity index is 917. The molecule has 0 saturated heterocycles. The van der Waals surface area contributed by atoms with E-state index >= 15 is 0 Å². The number of benzene rings is 2. The van der Waals surface area contributed by atoms with Gasteiger partial charge in [0.25, 0.3) is 0 Å². The number of hydrogen-bond donors (Lipinski definition) is 1. The highest BCUT2D eigenvalue weighted by atomic mass is 32.2. The molecule has 2 rings (SSSR count). The van der Waals surface area contributed by atoms with E-state index in [9.17, 15) is 17.6 Å². The van der Waals surface area contributed by atoms with Gasteiger partial charge in [-0.05, 0) is 36.8 Å². The molecule has 0 unspecified atom stereocenters. The van der Waals surface area contributed by atoms with Crippen LogP contribution < -0.4 is 14.4 Å². The topological polar surface area (TPSA) is 79.0 Å². The summed E-state index contributed by atoms with van der Waals surface area (Å²) < 4.78 is 46.3. The van der Waals surface area contributed by atoms with Gasteiger partial charge in [0, 0.05) is 14.1 Å². The summed E-state index contributed by atoms with van der Waals surface area (Å²) in [5.41, 5.74) is 0.630. The van der Waals surface area contributed by atoms with E-state index in [4.69, 9.17) is 4.74 Å². The van der Waals surface area contributed by atoms with Crippen LogP contribution >= 0.6 is 0 Å². The molecule has 28 heavy (non-hydrogen) atoms. The van der Waals surface area contributed by atoms with Crippen molar-refractivity contribution in [2.24, 2.45) is 0 Å². The Hall–Kier alpha value is -2.65. The molecule has 0 aliphatic carbocycles. The van der Waals surface area contributed by atoms with Crippen molar-refractivity contribution < 1.29 is 22.3 Å². The minimum Gasteiger partial charge on any atom is -0.497 e. The molecule has 1 atom stereocenters. The lowest BCUT2D eigenvalue weighted by atomic mass is 10.1. The van der Waals surface area contributed by atoms with Crippen molar-refractivity contribution in [2.45, 2.75) is 13.0 Å². The highest BCUT2D eigenvalue weighted by molar-refractivity contribution is 7.90. The number of amides is 1. The Kier molecular flexibility index (Phi) is 6.98. The Labute approximate surface area is 164 Å². The first kappa shape index (κ1) is 21.6. The summed E-state index contributed by atoms with van der Waals surface area (Å²) in [5, 5.41) is 2.74. The van der Waals surface area contributed by atoms with Crippen LogP contribution in [-0.2, 0) is 15.0 Å². The van der Waals surface area contributed by atoms with Crippen molar-refractivity contribution in [3.05, 3.63) is 59.9 Å². The minimum atomic E-state index is -4.07. The van der Waals surface area contributed by atoms with Crippen LogP contribution in [0.25, 0.3) is 0 Å². The van der Waals surface area contributed by atoms with Gasteiger partial charge in [-0.1, -0.05) is 24.3 Å². The summed E-state index contributed by atoms with van der Waals surface area (Å²) in [7, 11) is 0.129. The normalized spacial score (nSPS) is 12.5. The lowest BCUT2D eigenvalue weighted by molar-refractivity contribution is -0.120. The zero-order valence-electron chi connectivity index (χ0n) is 16.2. The smallest absolute Gasteiger partial charge is 0.304 e. The number of carbonyl (C=O) groups is 1. The molecular formula is C19H24FN3O4S. The minimum absolute atomic E-state index is 0.191. The number of rotatable bonds is 8. The van der Waals surface area contributed by atoms with Crippen LogP contribution in [0.4, 0.5) is 10.1 Å². The summed E-state index contributed by atoms with van der Waals surface area (Å²) in [4.78, 5) is 12.5. The number of halogens is 1. The molecular weight excluding hydrogens is 385 g/mol. The molecule has 0 spiro atoms. The predicted octanol–water partition coefficient (Wildman–Crippen LogP) is 2.32. The molecule has 0 aliphatic rings. The number of nitrogens with zero attached hydrogens (tertiary/aromatic N) is 2. The summed E-state index contributed by atoms with van der Waals surface area (Å²) in [6.07, 6.45) is 0. The molecule has 152 valence electrons. The molecule has 0 heterocycles. The standard InChI is InChI=1S/C19H24FN3O4S/c1-14(15-9-11-16(27-4)12-10-15)21-19(24)13-23(28(25,26)22(2)3)18-8-6-5-7-17(18)20/h5-12,14H,13H2,1-4H3,(H,21,24)/t14-/m0/s1. The van der Waals surface area contributed by atoms with Gasteiger partial charge in [0.1, 0.15) is 18.1 Å². The monoisotopic (exact) mass is 409 g/mol. The summed E-state index contributed by atoms with van der Waals surface area (Å²) in [5.74, 6) is -0.606. The van der Waals surface area contributed by atoms with Crippen molar-refractivity contribution in [1.29, 1.82) is 0 Å². The van der Waals surface area contributed by atoms with E-state index in [0.29, 0.717) is 5.75 Å². The SMILES string of the molecule is COc1ccc([C@H](C)NC(=O)CN(c2ccccc2F)S(=O)(=O)N(C)C)cc1. The number of methoxy groups -OCH3 is 1. The summed E-state index contributed by atoms with van der Waals surface area (Å²) in [6, 6.07) is 12.2. The van der Waals surface area contributed by atoms with Crippen LogP contribution in [0.15, 0.2) is 48.5 Å². The van der Waals surface area contributed by atoms with Crippen LogP contribution in [0.1, 0.15) is 18.5 Å². The second-order valence-electron chi connectivity index (χ2n) is 6.31. The quantitative estimate of drug-likeness (QED) is 0.726. The Morgan fingerprint density at radius 3 is 2.29 bits per heavy atom. The fourth-order valence-electron chi connectivity index (χ4n) is 2.54. The molecule has 1 N–H and O–H groups in total. The number of para-hydroxylation sites is 1. The van der Waals surface area contributed by atoms with Gasteiger partial charge in [-0.2, -0.15) is 12.7 Å². The predicted molar refractivity (Wildman–Crippen MR) is 106 cm³/mol. The molecule has 9 heteroatoms. The Morgan fingerprint density at radius 2 is 1.75 bits per heavy atom. The summed E-state index contributed by atoms with van der Waals surface area (Å²) in [6.45, 7) is 1.22. The molecule has 0 fully saturated rings. The Balaban J connectivity index is 2.21. The van der Waals surface area contributed by atoms with Crippen molar-refractivity contribution in [3.8, 4) is 5.75 Å². The molecule has 2 aromatic carbocycles. The third kappa shape index (κ3) is 4.99. The highest BCUT2D eigenvalue weighted by Gasteiger charge is 2.29. The molecule has 0 saturated carbocycles. The number of ether oxygens (including phenoxy) is 1. The van der Waals surface area contributed by atoms with E-state index in [-0.39, 0.29) is 11.7 Å². The maximum atomic E-state index is 14.2. The van der Waals surface area contributed by atoms with Crippen LogP contribution in [0, 0.1) is 5.82 Å². The lowest BCUT2D eigenvalue weighted by Crippen LogP contribution is -2.46. The van der Waals surface area contributed by atoms with Gasteiger partial charge in [0.05, 0.1) is 18.8 Å². The fraction of sp³-hybridized carbons (Fsp3) is 0.316. The third-order valence-corrected chi connectivity index (χ3v) is 5.95. The first-order valence-corrected chi connectivity index (χ1v) is 9.94. The Morgan fingerprint density at radius 1 is 1.14 bits per heavy atom. The first-order chi connectivity index (χ1) is 13.2. The highest BCUT2D eigenvalue weighted by Crippen LogP contribution is 2.23. The molecule has 7 nitrogen and oxygen atoms in total. The first-order valence-electron chi connectivity index (χ1n) is 8.55. The number of carbonyl (C=O) groups excluding carboxylic acids is 1. The number of nitrogens with one attached hydrogen (secondary N) is 1. The fourth-order valence-corrected chi connectivity index (χ4v) is 3.61. The zero-order valence-corrected chi connectivity index (χ0v) is 17.0. The van der Waals surface area contributed by atoms with Crippen LogP contribution in [0.2, 0.25) is 0 Å². The molecule has 0 bridgehead atoms. The van der Waals surface area contributed by atoms with Gasteiger partial charge in [0.15, 0.2) is 0 Å². The van der Waals surface area contributed by atoms with Crippen molar-refractivity contribution >= 4 is 21.8 Å². The maximum Gasteiger partial charge on any atom is 0.304 e. The van der Waals surface area contributed by atoms with Gasteiger partial charge in [0.2, 0.25) is 5.91 Å². The van der Waals surface area contributed by atoms with Crippen molar-refractivity contribution in [3.63, 3.8) is 0 Å². The van der Waals surface area contributed by atoms with Gasteiger partial charge in [-0.25, -0.2) is 8.70 Å². The second-order valence-corrected chi connectivity index (χ2v) is 8.38. The molecule has 1 amide bonds. The van der Waals surface area contributed by atoms with Crippen molar-refractivity contribution in [1.82, 2.24) is 9.62 Å². The van der Waals surface area contributed by atoms with E-state index in [2.05, 4.69) is 5.32 Å². The van der Waals surface area contributed by atoms with Gasteiger partial charge >= 0.3 is 10.2 Å². The van der Waals surface area contributed by atoms with E-state index in [1.54, 1.807) is 38.3 Å². The van der Waals surface area contributed by atoms with E-state index < -0.39 is 28.5 Å². The van der Waals surface area contributed by atoms with E-state index in [1.807, 2.05) is 0 Å². The average Bonchev–Trinajstić information content (AvgIpc) is 2.66. The average molecular weight is 409 g/mol. The van der Waals surface area contributed by atoms with E-state index in [0.717, 1.165) is 20.2 Å². The van der Waals surface area contributed by atoms with Gasteiger partial charge in [-0.15, -0.1) is 0 Å². The van der Waals surface area contributed by atoms with Crippen molar-refractivity contribution in [2.75, 3.05) is 32.1 Å². The van der Waals surface area contributed by atoms with Crippen LogP contribution in [-0.4, -0.2) is 46.4 Å². The summed E-state index contributed by atoms with van der Waals surface area (Å²) >= 11 is 0. The maximum absolute atomic E-state index is 14.2. The molecule has 0 radical (unpaired) electrons. The van der Waals surface area contributed by atoms with Crippen LogP contribution in [0.5, 0.6) is 5.75 Å². The third-order valence-electron chi connectivity index (χ3n) is 4.14. The lowest BCUT2D eigenvalue weighted by Gasteiger charge is -2.27. The molecule has 0 aliphatic heterocycles.